The van der Waals surface area contributed by atoms with E-state index in [0.717, 1.165) is 16.9 Å². The Kier molecular flexibility index (Phi) is 5.44. The number of hydrogen-bond donors (Lipinski definition) is 0. The number of nitrogens with zero attached hydrogens (tertiary/aromatic N) is 3. The molecule has 1 radical (unpaired) electrons. The third kappa shape index (κ3) is 3.67. The molecule has 5 heteroatoms. The molecule has 0 spiro atoms. The molecule has 0 unspecified atom stereocenters. The Morgan fingerprint density at radius 3 is 1.90 bits per heavy atom. The van der Waals surface area contributed by atoms with E-state index in [1.807, 2.05) is 54.6 Å². The number of aromatic nitrogens is 3. The zero-order valence-corrected chi connectivity index (χ0v) is 14.0. The molecule has 2 aromatic carbocycles. The van der Waals surface area contributed by atoms with Crippen molar-refractivity contribution >= 4 is 29.6 Å². The molecule has 0 amide bonds. The smallest absolute Gasteiger partial charge is 0.163 e. The van der Waals surface area contributed by atoms with Gasteiger partial charge in [-0.25, -0.2) is 15.0 Å². The Morgan fingerprint density at radius 2 is 1.33 bits per heavy atom. The Bertz CT molecular complexity index is 702. The molecule has 0 N–H and O–H groups in total. The van der Waals surface area contributed by atoms with Gasteiger partial charge in [0.2, 0.25) is 0 Å². The second-order valence-corrected chi connectivity index (χ2v) is 4.23. The Balaban J connectivity index is 0.00000161. The summed E-state index contributed by atoms with van der Waals surface area (Å²) in [6, 6.07) is 17.5. The molecule has 0 bridgehead atoms. The summed E-state index contributed by atoms with van der Waals surface area (Å²) in [6.07, 6.45) is 1.54. The molecule has 0 aliphatic carbocycles. The maximum absolute atomic E-state index is 5.14. The molecule has 21 heavy (non-hydrogen) atoms. The van der Waals surface area contributed by atoms with Crippen LogP contribution in [0.1, 0.15) is 0 Å². The molecule has 3 aromatic rings. The minimum Gasteiger partial charge on any atom is -0.497 e. The number of ether oxygens (including phenoxy) is 1. The van der Waals surface area contributed by atoms with Crippen LogP contribution < -0.4 is 4.74 Å². The predicted molar refractivity (Wildman–Crippen MR) is 83.0 cm³/mol. The second-order valence-electron chi connectivity index (χ2n) is 4.23. The fourth-order valence-corrected chi connectivity index (χ4v) is 1.90. The Labute approximate surface area is 145 Å². The van der Waals surface area contributed by atoms with E-state index in [1.165, 1.54) is 6.33 Å². The van der Waals surface area contributed by atoms with Crippen LogP contribution in [0.15, 0.2) is 60.9 Å². The molecule has 99 valence electrons. The van der Waals surface area contributed by atoms with Crippen LogP contribution in [0.3, 0.4) is 0 Å². The molecule has 3 rings (SSSR count). The summed E-state index contributed by atoms with van der Waals surface area (Å²) in [7, 11) is 1.64. The quantitative estimate of drug-likeness (QED) is 0.695. The zero-order valence-electron chi connectivity index (χ0n) is 12.0. The van der Waals surface area contributed by atoms with Crippen LogP contribution >= 0.6 is 0 Å². The van der Waals surface area contributed by atoms with Gasteiger partial charge in [0.1, 0.15) is 12.1 Å². The Morgan fingerprint density at radius 1 is 0.762 bits per heavy atom. The third-order valence-corrected chi connectivity index (χ3v) is 2.95. The summed E-state index contributed by atoms with van der Waals surface area (Å²) in [5, 5.41) is 0. The van der Waals surface area contributed by atoms with E-state index in [9.17, 15) is 0 Å². The van der Waals surface area contributed by atoms with Crippen molar-refractivity contribution in [1.82, 2.24) is 15.0 Å². The standard InChI is InChI=1S/C16H13N3O.Na/c1-20-14-9-7-13(8-10-14)16-18-11-17-15(19-16)12-5-3-2-4-6-12;/h2-11H,1H3;. The first-order chi connectivity index (χ1) is 9.86. The number of benzene rings is 2. The number of methoxy groups -OCH3 is 1. The molecule has 0 aliphatic heterocycles. The van der Waals surface area contributed by atoms with Gasteiger partial charge in [0, 0.05) is 40.7 Å². The van der Waals surface area contributed by atoms with Crippen LogP contribution in [0.5, 0.6) is 5.75 Å². The second kappa shape index (κ2) is 7.31. The molecular weight excluding hydrogens is 273 g/mol. The average Bonchev–Trinajstić information content (AvgIpc) is 2.56. The van der Waals surface area contributed by atoms with Crippen molar-refractivity contribution in [2.24, 2.45) is 0 Å². The van der Waals surface area contributed by atoms with E-state index in [-0.39, 0.29) is 29.6 Å². The maximum atomic E-state index is 5.14. The summed E-state index contributed by atoms with van der Waals surface area (Å²) in [5.74, 6) is 2.14. The normalized spacial score (nSPS) is 9.76. The predicted octanol–water partition coefficient (Wildman–Crippen LogP) is 2.83. The van der Waals surface area contributed by atoms with Gasteiger partial charge < -0.3 is 4.74 Å². The van der Waals surface area contributed by atoms with Crippen LogP contribution in [0.2, 0.25) is 0 Å². The van der Waals surface area contributed by atoms with Gasteiger partial charge in [-0.15, -0.1) is 0 Å². The zero-order chi connectivity index (χ0) is 13.8. The van der Waals surface area contributed by atoms with Crippen molar-refractivity contribution in [2.45, 2.75) is 0 Å². The van der Waals surface area contributed by atoms with E-state index < -0.39 is 0 Å². The Hall–Kier alpha value is -1.75. The first-order valence-electron chi connectivity index (χ1n) is 6.26. The summed E-state index contributed by atoms with van der Waals surface area (Å²) >= 11 is 0. The van der Waals surface area contributed by atoms with E-state index in [2.05, 4.69) is 15.0 Å². The fourth-order valence-electron chi connectivity index (χ4n) is 1.90. The van der Waals surface area contributed by atoms with Crippen molar-refractivity contribution in [1.29, 1.82) is 0 Å². The van der Waals surface area contributed by atoms with Gasteiger partial charge in [0.05, 0.1) is 7.11 Å². The monoisotopic (exact) mass is 286 g/mol. The molecule has 1 heterocycles. The van der Waals surface area contributed by atoms with Crippen molar-refractivity contribution in [3.8, 4) is 28.5 Å². The van der Waals surface area contributed by atoms with Crippen LogP contribution in [-0.4, -0.2) is 51.6 Å². The van der Waals surface area contributed by atoms with Gasteiger partial charge in [-0.2, -0.15) is 0 Å². The van der Waals surface area contributed by atoms with Gasteiger partial charge in [-0.3, -0.25) is 0 Å². The van der Waals surface area contributed by atoms with Crippen molar-refractivity contribution < 1.29 is 4.74 Å². The van der Waals surface area contributed by atoms with Crippen LogP contribution in [0.25, 0.3) is 22.8 Å². The third-order valence-electron chi connectivity index (χ3n) is 2.95. The van der Waals surface area contributed by atoms with Crippen molar-refractivity contribution in [3.05, 3.63) is 60.9 Å². The van der Waals surface area contributed by atoms with Crippen LogP contribution in [0, 0.1) is 0 Å². The summed E-state index contributed by atoms with van der Waals surface area (Å²) in [5.41, 5.74) is 1.91. The molecule has 0 aliphatic rings. The van der Waals surface area contributed by atoms with Gasteiger partial charge in [0.15, 0.2) is 11.6 Å². The molecule has 0 saturated carbocycles. The maximum Gasteiger partial charge on any atom is 0.163 e. The van der Waals surface area contributed by atoms with Gasteiger partial charge in [0.25, 0.3) is 0 Å². The first-order valence-corrected chi connectivity index (χ1v) is 6.26. The minimum atomic E-state index is 0. The van der Waals surface area contributed by atoms with Gasteiger partial charge in [-0.05, 0) is 24.3 Å². The summed E-state index contributed by atoms with van der Waals surface area (Å²) in [6.45, 7) is 0. The largest absolute Gasteiger partial charge is 0.497 e. The summed E-state index contributed by atoms with van der Waals surface area (Å²) < 4.78 is 5.14. The topological polar surface area (TPSA) is 47.9 Å². The molecule has 4 nitrogen and oxygen atoms in total. The number of hydrogen-bond acceptors (Lipinski definition) is 4. The van der Waals surface area contributed by atoms with E-state index in [0.29, 0.717) is 11.6 Å². The van der Waals surface area contributed by atoms with Crippen molar-refractivity contribution in [2.75, 3.05) is 7.11 Å². The SMILES string of the molecule is COc1ccc(-c2ncnc(-c3ccccc3)n2)cc1.[Na]. The molecule has 0 fully saturated rings. The summed E-state index contributed by atoms with van der Waals surface area (Å²) in [4.78, 5) is 13.0. The minimum absolute atomic E-state index is 0. The van der Waals surface area contributed by atoms with Crippen molar-refractivity contribution in [3.63, 3.8) is 0 Å². The molecule has 1 aromatic heterocycles. The number of rotatable bonds is 3. The van der Waals surface area contributed by atoms with E-state index in [4.69, 9.17) is 4.74 Å². The molecular formula is C16H13N3NaO. The van der Waals surface area contributed by atoms with E-state index in [1.54, 1.807) is 7.11 Å². The average molecular weight is 286 g/mol. The van der Waals surface area contributed by atoms with Gasteiger partial charge in [-0.1, -0.05) is 30.3 Å². The molecule has 0 atom stereocenters. The van der Waals surface area contributed by atoms with Crippen LogP contribution in [0.4, 0.5) is 0 Å². The van der Waals surface area contributed by atoms with Crippen LogP contribution in [-0.2, 0) is 0 Å². The fraction of sp³-hybridized carbons (Fsp3) is 0.0625. The molecule has 0 saturated heterocycles. The van der Waals surface area contributed by atoms with Gasteiger partial charge >= 0.3 is 0 Å². The van der Waals surface area contributed by atoms with E-state index >= 15 is 0 Å². The first kappa shape index (κ1) is 15.6.